The number of hydrogen-bond donors (Lipinski definition) is 2. The summed E-state index contributed by atoms with van der Waals surface area (Å²) in [7, 11) is 3.40. The van der Waals surface area contributed by atoms with Crippen LogP contribution in [0.5, 0.6) is 5.75 Å². The van der Waals surface area contributed by atoms with E-state index in [4.69, 9.17) is 9.47 Å². The molecule has 6 heteroatoms. The first-order valence-electron chi connectivity index (χ1n) is 9.67. The van der Waals surface area contributed by atoms with E-state index in [1.54, 1.807) is 14.2 Å². The fourth-order valence-corrected chi connectivity index (χ4v) is 3.82. The van der Waals surface area contributed by atoms with Crippen LogP contribution in [0, 0.1) is 0 Å². The zero-order valence-electron chi connectivity index (χ0n) is 16.8. The molecule has 2 aromatic carbocycles. The lowest BCUT2D eigenvalue weighted by Gasteiger charge is -2.24. The van der Waals surface area contributed by atoms with Gasteiger partial charge >= 0.3 is 0 Å². The largest absolute Gasteiger partial charge is 0.497 e. The predicted molar refractivity (Wildman–Crippen MR) is 116 cm³/mol. The molecule has 150 valence electrons. The van der Waals surface area contributed by atoms with Gasteiger partial charge in [-0.25, -0.2) is 0 Å². The molecule has 0 saturated carbocycles. The number of nitrogens with zero attached hydrogens (tertiary/aromatic N) is 2. The van der Waals surface area contributed by atoms with Gasteiger partial charge in [-0.3, -0.25) is 5.10 Å². The molecule has 1 aromatic heterocycles. The Bertz CT molecular complexity index is 984. The van der Waals surface area contributed by atoms with Gasteiger partial charge in [0.1, 0.15) is 5.75 Å². The number of methoxy groups -OCH3 is 2. The Morgan fingerprint density at radius 1 is 1.24 bits per heavy atom. The summed E-state index contributed by atoms with van der Waals surface area (Å²) in [5, 5.41) is 10.5. The van der Waals surface area contributed by atoms with Crippen molar-refractivity contribution in [2.45, 2.75) is 19.1 Å². The van der Waals surface area contributed by atoms with Crippen LogP contribution in [0.15, 0.2) is 67.1 Å². The molecule has 0 amide bonds. The molecule has 1 unspecified atom stereocenters. The van der Waals surface area contributed by atoms with Crippen LogP contribution in [0.2, 0.25) is 0 Å². The van der Waals surface area contributed by atoms with Crippen molar-refractivity contribution in [3.8, 4) is 16.9 Å². The van der Waals surface area contributed by atoms with E-state index in [0.717, 1.165) is 52.5 Å². The van der Waals surface area contributed by atoms with Crippen molar-refractivity contribution in [3.63, 3.8) is 0 Å². The smallest absolute Gasteiger partial charge is 0.120 e. The van der Waals surface area contributed by atoms with Crippen molar-refractivity contribution in [1.29, 1.82) is 0 Å². The topological polar surface area (TPSA) is 62.4 Å². The summed E-state index contributed by atoms with van der Waals surface area (Å²) in [5.74, 6) is 0.842. The van der Waals surface area contributed by atoms with E-state index < -0.39 is 0 Å². The molecule has 2 N–H and O–H groups in total. The van der Waals surface area contributed by atoms with Crippen LogP contribution in [-0.4, -0.2) is 37.0 Å². The monoisotopic (exact) mass is 390 g/mol. The summed E-state index contributed by atoms with van der Waals surface area (Å²) in [6, 6.07) is 14.6. The molecule has 0 radical (unpaired) electrons. The molecule has 0 spiro atoms. The van der Waals surface area contributed by atoms with Gasteiger partial charge in [0.25, 0.3) is 0 Å². The van der Waals surface area contributed by atoms with Crippen molar-refractivity contribution in [2.24, 2.45) is 0 Å². The highest BCUT2D eigenvalue weighted by atomic mass is 16.5. The van der Waals surface area contributed by atoms with Gasteiger partial charge in [-0.2, -0.15) is 5.10 Å². The summed E-state index contributed by atoms with van der Waals surface area (Å²) >= 11 is 0. The van der Waals surface area contributed by atoms with Crippen LogP contribution < -0.4 is 15.0 Å². The standard InChI is InChI=1S/C23H26N4O2/c1-16-23(26-19-5-4-6-21(12-19)29-3)9-10-27(16)20-7-8-22(17(11-20)15-28-2)18-13-24-25-14-18/h4-8,11-14,23,26H,1,9-10,15H2,2-3H3,(H,24,25). The minimum Gasteiger partial charge on any atom is -0.497 e. The van der Waals surface area contributed by atoms with Gasteiger partial charge in [-0.15, -0.1) is 0 Å². The summed E-state index contributed by atoms with van der Waals surface area (Å²) in [4.78, 5) is 2.27. The van der Waals surface area contributed by atoms with Gasteiger partial charge in [-0.05, 0) is 41.8 Å². The molecule has 3 aromatic rings. The Kier molecular flexibility index (Phi) is 5.53. The molecular formula is C23H26N4O2. The molecule has 2 heterocycles. The lowest BCUT2D eigenvalue weighted by atomic mass is 10.0. The van der Waals surface area contributed by atoms with E-state index >= 15 is 0 Å². The highest BCUT2D eigenvalue weighted by molar-refractivity contribution is 5.71. The Hall–Kier alpha value is -3.25. The summed E-state index contributed by atoms with van der Waals surface area (Å²) < 4.78 is 10.8. The lowest BCUT2D eigenvalue weighted by Crippen LogP contribution is -2.23. The zero-order chi connectivity index (χ0) is 20.2. The molecule has 4 rings (SSSR count). The predicted octanol–water partition coefficient (Wildman–Crippen LogP) is 4.44. The van der Waals surface area contributed by atoms with Gasteiger partial charge < -0.3 is 19.7 Å². The number of H-pyrrole nitrogens is 1. The van der Waals surface area contributed by atoms with E-state index in [1.165, 1.54) is 0 Å². The van der Waals surface area contributed by atoms with Crippen LogP contribution in [-0.2, 0) is 11.3 Å². The first-order valence-corrected chi connectivity index (χ1v) is 9.67. The Morgan fingerprint density at radius 3 is 2.90 bits per heavy atom. The SMILES string of the molecule is C=C1C(Nc2cccc(OC)c2)CCN1c1ccc(-c2cn[nH]c2)c(COC)c1. The number of nitrogens with one attached hydrogen (secondary N) is 2. The second-order valence-corrected chi connectivity index (χ2v) is 7.12. The third-order valence-corrected chi connectivity index (χ3v) is 5.31. The quantitative estimate of drug-likeness (QED) is 0.625. The zero-order valence-corrected chi connectivity index (χ0v) is 16.8. The van der Waals surface area contributed by atoms with Gasteiger partial charge in [0.2, 0.25) is 0 Å². The van der Waals surface area contributed by atoms with Crippen molar-refractivity contribution >= 4 is 11.4 Å². The minimum atomic E-state index is 0.182. The van der Waals surface area contributed by atoms with Crippen molar-refractivity contribution < 1.29 is 9.47 Å². The maximum absolute atomic E-state index is 5.44. The highest BCUT2D eigenvalue weighted by Gasteiger charge is 2.27. The molecule has 6 nitrogen and oxygen atoms in total. The number of anilines is 2. The van der Waals surface area contributed by atoms with Crippen molar-refractivity contribution in [3.05, 3.63) is 72.7 Å². The average molecular weight is 390 g/mol. The Morgan fingerprint density at radius 2 is 2.14 bits per heavy atom. The maximum Gasteiger partial charge on any atom is 0.120 e. The minimum absolute atomic E-state index is 0.182. The first-order chi connectivity index (χ1) is 14.2. The second kappa shape index (κ2) is 8.41. The summed E-state index contributed by atoms with van der Waals surface area (Å²) in [6.07, 6.45) is 4.72. The molecule has 1 aliphatic heterocycles. The number of aromatic amines is 1. The molecule has 29 heavy (non-hydrogen) atoms. The van der Waals surface area contributed by atoms with E-state index in [2.05, 4.69) is 51.3 Å². The molecule has 1 aliphatic rings. The lowest BCUT2D eigenvalue weighted by molar-refractivity contribution is 0.185. The molecule has 1 saturated heterocycles. The molecule has 0 bridgehead atoms. The van der Waals surface area contributed by atoms with Crippen LogP contribution >= 0.6 is 0 Å². The second-order valence-electron chi connectivity index (χ2n) is 7.12. The van der Waals surface area contributed by atoms with Crippen LogP contribution in [0.4, 0.5) is 11.4 Å². The summed E-state index contributed by atoms with van der Waals surface area (Å²) in [6.45, 7) is 5.82. The normalized spacial score (nSPS) is 16.3. The third kappa shape index (κ3) is 3.98. The van der Waals surface area contributed by atoms with Gasteiger partial charge in [-0.1, -0.05) is 18.7 Å². The summed E-state index contributed by atoms with van der Waals surface area (Å²) in [5.41, 5.74) is 6.54. The Balaban J connectivity index is 1.54. The fourth-order valence-electron chi connectivity index (χ4n) is 3.82. The van der Waals surface area contributed by atoms with E-state index in [9.17, 15) is 0 Å². The molecule has 0 aliphatic carbocycles. The van der Waals surface area contributed by atoms with Crippen LogP contribution in [0.3, 0.4) is 0 Å². The average Bonchev–Trinajstić information content (AvgIpc) is 3.39. The first kappa shape index (κ1) is 19.1. The Labute approximate surface area is 171 Å². The van der Waals surface area contributed by atoms with Crippen molar-refractivity contribution in [2.75, 3.05) is 31.0 Å². The maximum atomic E-state index is 5.44. The fraction of sp³-hybridized carbons (Fsp3) is 0.261. The van der Waals surface area contributed by atoms with E-state index in [0.29, 0.717) is 6.61 Å². The highest BCUT2D eigenvalue weighted by Crippen LogP contribution is 2.34. The molecule has 1 atom stereocenters. The van der Waals surface area contributed by atoms with Crippen LogP contribution in [0.1, 0.15) is 12.0 Å². The van der Waals surface area contributed by atoms with Gasteiger partial charge in [0.05, 0.1) is 26.0 Å². The number of benzene rings is 2. The number of ether oxygens (including phenoxy) is 2. The molecule has 1 fully saturated rings. The molecular weight excluding hydrogens is 364 g/mol. The van der Waals surface area contributed by atoms with Crippen LogP contribution in [0.25, 0.3) is 11.1 Å². The third-order valence-electron chi connectivity index (χ3n) is 5.31. The number of rotatable bonds is 7. The van der Waals surface area contributed by atoms with E-state index in [1.807, 2.05) is 30.6 Å². The number of hydrogen-bond acceptors (Lipinski definition) is 5. The van der Waals surface area contributed by atoms with E-state index in [-0.39, 0.29) is 6.04 Å². The van der Waals surface area contributed by atoms with Crippen molar-refractivity contribution in [1.82, 2.24) is 10.2 Å². The van der Waals surface area contributed by atoms with Gasteiger partial charge in [0, 0.05) is 48.6 Å². The van der Waals surface area contributed by atoms with Gasteiger partial charge in [0.15, 0.2) is 0 Å². The number of aromatic nitrogens is 2.